The molecule has 2 N–H and O–H groups in total. The number of nitrogens with zero attached hydrogens (tertiary/aromatic N) is 1. The summed E-state index contributed by atoms with van der Waals surface area (Å²) in [5, 5.41) is 13.4. The zero-order valence-electron chi connectivity index (χ0n) is 16.7. The summed E-state index contributed by atoms with van der Waals surface area (Å²) < 4.78 is 74.3. The van der Waals surface area contributed by atoms with Crippen LogP contribution in [0.2, 0.25) is 0 Å². The van der Waals surface area contributed by atoms with Crippen LogP contribution in [-0.4, -0.2) is 36.1 Å². The molecule has 1 aliphatic carbocycles. The predicted molar refractivity (Wildman–Crippen MR) is 98.5 cm³/mol. The first kappa shape index (κ1) is 23.9. The Labute approximate surface area is 171 Å². The third-order valence-electron chi connectivity index (χ3n) is 4.45. The number of amides is 1. The molecule has 1 atom stereocenters. The first-order chi connectivity index (χ1) is 13.8. The van der Waals surface area contributed by atoms with Gasteiger partial charge in [-0.25, -0.2) is 13.2 Å². The molecule has 2 rings (SSSR count). The Morgan fingerprint density at radius 3 is 2.37 bits per heavy atom. The van der Waals surface area contributed by atoms with Crippen molar-refractivity contribution in [1.82, 2.24) is 10.6 Å². The Morgan fingerprint density at radius 1 is 1.23 bits per heavy atom. The van der Waals surface area contributed by atoms with Crippen LogP contribution in [0, 0.1) is 23.1 Å². The zero-order valence-corrected chi connectivity index (χ0v) is 16.7. The Morgan fingerprint density at radius 2 is 1.83 bits per heavy atom. The van der Waals surface area contributed by atoms with E-state index < -0.39 is 54.7 Å². The molecule has 0 bridgehead atoms. The Balaban J connectivity index is 2.05. The molecule has 0 spiro atoms. The minimum Gasteiger partial charge on any atom is -0.432 e. The van der Waals surface area contributed by atoms with Crippen molar-refractivity contribution >= 4 is 5.91 Å². The third-order valence-corrected chi connectivity index (χ3v) is 4.45. The van der Waals surface area contributed by atoms with Crippen molar-refractivity contribution in [2.24, 2.45) is 5.92 Å². The summed E-state index contributed by atoms with van der Waals surface area (Å²) in [5.41, 5.74) is -1.37. The Bertz CT molecular complexity index is 774. The first-order valence-electron chi connectivity index (χ1n) is 9.48. The quantitative estimate of drug-likeness (QED) is 0.518. The fourth-order valence-electron chi connectivity index (χ4n) is 2.76. The molecule has 10 heteroatoms. The molecule has 30 heavy (non-hydrogen) atoms. The maximum absolute atomic E-state index is 14.3. The van der Waals surface area contributed by atoms with E-state index in [0.29, 0.717) is 12.8 Å². The molecular weight excluding hydrogens is 409 g/mol. The van der Waals surface area contributed by atoms with Gasteiger partial charge in [0.15, 0.2) is 0 Å². The van der Waals surface area contributed by atoms with Crippen molar-refractivity contribution in [3.8, 4) is 11.8 Å². The van der Waals surface area contributed by atoms with Crippen molar-refractivity contribution in [3.63, 3.8) is 0 Å². The van der Waals surface area contributed by atoms with Gasteiger partial charge >= 0.3 is 6.11 Å². The molecule has 1 aliphatic rings. The van der Waals surface area contributed by atoms with Gasteiger partial charge in [0.1, 0.15) is 23.7 Å². The van der Waals surface area contributed by atoms with E-state index in [9.17, 15) is 26.7 Å². The second-order valence-electron chi connectivity index (χ2n) is 8.06. The van der Waals surface area contributed by atoms with Gasteiger partial charge in [0.25, 0.3) is 0 Å². The van der Waals surface area contributed by atoms with E-state index in [1.807, 2.05) is 0 Å². The highest BCUT2D eigenvalue weighted by Crippen LogP contribution is 2.41. The van der Waals surface area contributed by atoms with E-state index in [2.05, 4.69) is 15.4 Å². The minimum atomic E-state index is -3.85. The molecular formula is C20H24F5N3O2. The lowest BCUT2D eigenvalue weighted by Gasteiger charge is -2.28. The Hall–Kier alpha value is -2.41. The molecule has 1 amide bonds. The first-order valence-corrected chi connectivity index (χ1v) is 9.48. The van der Waals surface area contributed by atoms with Crippen LogP contribution >= 0.6 is 0 Å². The Kier molecular flexibility index (Phi) is 7.29. The van der Waals surface area contributed by atoms with Gasteiger partial charge in [-0.05, 0) is 56.9 Å². The zero-order chi connectivity index (χ0) is 22.6. The molecule has 166 valence electrons. The fourth-order valence-corrected chi connectivity index (χ4v) is 2.76. The fraction of sp³-hybridized carbons (Fsp3) is 0.600. The average molecular weight is 433 g/mol. The maximum atomic E-state index is 14.3. The summed E-state index contributed by atoms with van der Waals surface area (Å²) in [6, 6.07) is 3.96. The number of rotatable bonds is 11. The number of alkyl halides is 4. The lowest BCUT2D eigenvalue weighted by atomic mass is 10.0. The minimum absolute atomic E-state index is 0.137. The maximum Gasteiger partial charge on any atom is 0.410 e. The summed E-state index contributed by atoms with van der Waals surface area (Å²) in [6.07, 6.45) is -3.94. The summed E-state index contributed by atoms with van der Waals surface area (Å²) in [7, 11) is 0. The number of benzene rings is 1. The molecule has 0 aliphatic heterocycles. The summed E-state index contributed by atoms with van der Waals surface area (Å²) in [4.78, 5) is 12.4. The number of hydrogen-bond donors (Lipinski definition) is 2. The highest BCUT2D eigenvalue weighted by Gasteiger charge is 2.42. The van der Waals surface area contributed by atoms with E-state index in [0.717, 1.165) is 24.3 Å². The van der Waals surface area contributed by atoms with Crippen molar-refractivity contribution in [3.05, 3.63) is 30.1 Å². The number of hydrogen-bond acceptors (Lipinski definition) is 4. The lowest BCUT2D eigenvalue weighted by molar-refractivity contribution is -0.174. The molecule has 1 saturated carbocycles. The van der Waals surface area contributed by atoms with Crippen LogP contribution in [0.1, 0.15) is 39.5 Å². The van der Waals surface area contributed by atoms with Crippen molar-refractivity contribution in [1.29, 1.82) is 5.26 Å². The van der Waals surface area contributed by atoms with Crippen molar-refractivity contribution in [2.75, 3.05) is 6.54 Å². The van der Waals surface area contributed by atoms with Gasteiger partial charge in [-0.3, -0.25) is 10.1 Å². The molecule has 1 fully saturated rings. The van der Waals surface area contributed by atoms with E-state index >= 15 is 0 Å². The molecule has 1 aromatic carbocycles. The van der Waals surface area contributed by atoms with Crippen LogP contribution in [0.3, 0.4) is 0 Å². The van der Waals surface area contributed by atoms with E-state index in [-0.39, 0.29) is 11.7 Å². The largest absolute Gasteiger partial charge is 0.432 e. The van der Waals surface area contributed by atoms with Gasteiger partial charge in [-0.1, -0.05) is 0 Å². The third kappa shape index (κ3) is 8.14. The van der Waals surface area contributed by atoms with Crippen molar-refractivity contribution < 1.29 is 31.5 Å². The highest BCUT2D eigenvalue weighted by atomic mass is 19.3. The second kappa shape index (κ2) is 9.16. The summed E-state index contributed by atoms with van der Waals surface area (Å²) in [5.74, 6) is -5.33. The number of ether oxygens (including phenoxy) is 1. The van der Waals surface area contributed by atoms with Crippen molar-refractivity contribution in [2.45, 2.75) is 63.1 Å². The average Bonchev–Trinajstić information content (AvgIpc) is 3.43. The van der Waals surface area contributed by atoms with Crippen LogP contribution in [0.15, 0.2) is 24.3 Å². The van der Waals surface area contributed by atoms with Gasteiger partial charge in [0.05, 0.1) is 12.1 Å². The number of nitrogens with one attached hydrogen (secondary N) is 2. The molecule has 0 aromatic heterocycles. The number of nitriles is 1. The van der Waals surface area contributed by atoms with Crippen LogP contribution in [-0.2, 0) is 4.79 Å². The van der Waals surface area contributed by atoms with Gasteiger partial charge in [-0.15, -0.1) is 0 Å². The van der Waals surface area contributed by atoms with E-state index in [1.54, 1.807) is 6.07 Å². The number of carbonyl (C=O) groups excluding carboxylic acids is 1. The van der Waals surface area contributed by atoms with Gasteiger partial charge in [0, 0.05) is 12.8 Å². The number of halogens is 5. The number of carbonyl (C=O) groups is 1. The molecule has 1 unspecified atom stereocenters. The van der Waals surface area contributed by atoms with Gasteiger partial charge < -0.3 is 10.1 Å². The topological polar surface area (TPSA) is 74.2 Å². The summed E-state index contributed by atoms with van der Waals surface area (Å²) >= 11 is 0. The normalized spacial score (nSPS) is 15.9. The highest BCUT2D eigenvalue weighted by molar-refractivity contribution is 5.82. The van der Waals surface area contributed by atoms with E-state index in [1.165, 1.54) is 13.8 Å². The van der Waals surface area contributed by atoms with Crippen LogP contribution < -0.4 is 15.4 Å². The van der Waals surface area contributed by atoms with E-state index in [4.69, 9.17) is 5.26 Å². The van der Waals surface area contributed by atoms with Gasteiger partial charge in [-0.2, -0.15) is 14.0 Å². The predicted octanol–water partition coefficient (Wildman–Crippen LogP) is 4.00. The van der Waals surface area contributed by atoms with Crippen LogP contribution in [0.4, 0.5) is 22.0 Å². The molecule has 0 saturated heterocycles. The molecule has 5 nitrogen and oxygen atoms in total. The smallest absolute Gasteiger partial charge is 0.410 e. The van der Waals surface area contributed by atoms with Crippen LogP contribution in [0.5, 0.6) is 5.75 Å². The SMILES string of the molecule is CC(C)(C#N)NC(=O)C(CC(F)(F)CC1CC1)NCC(F)(F)Oc1ccc(F)cc1. The standard InChI is InChI=1S/C20H24F5N3O2/c1-18(2,11-26)28-17(29)16(10-19(22,23)9-13-3-4-13)27-12-20(24,25)30-15-7-5-14(21)6-8-15/h5-8,13,16,27H,3-4,9-10,12H2,1-2H3,(H,28,29). The van der Waals surface area contributed by atoms with Crippen LogP contribution in [0.25, 0.3) is 0 Å². The lowest BCUT2D eigenvalue weighted by Crippen LogP contribution is -2.55. The molecule has 1 aromatic rings. The molecule has 0 heterocycles. The summed E-state index contributed by atoms with van der Waals surface area (Å²) in [6.45, 7) is 1.47. The second-order valence-corrected chi connectivity index (χ2v) is 8.06. The molecule has 0 radical (unpaired) electrons. The monoisotopic (exact) mass is 433 g/mol. The van der Waals surface area contributed by atoms with Gasteiger partial charge in [0.2, 0.25) is 11.8 Å².